The van der Waals surface area contributed by atoms with Gasteiger partial charge in [0.2, 0.25) is 0 Å². The van der Waals surface area contributed by atoms with Gasteiger partial charge in [-0.15, -0.1) is 0 Å². The minimum absolute atomic E-state index is 0.120. The summed E-state index contributed by atoms with van der Waals surface area (Å²) in [6.45, 7) is 6.36. The molecular weight excluding hydrogens is 496 g/mol. The van der Waals surface area contributed by atoms with Gasteiger partial charge in [0, 0.05) is 4.47 Å². The molecule has 4 rings (SSSR count). The third-order valence-corrected chi connectivity index (χ3v) is 6.16. The minimum Gasteiger partial charge on any atom is -0.489 e. The predicted molar refractivity (Wildman–Crippen MR) is 135 cm³/mol. The zero-order valence-corrected chi connectivity index (χ0v) is 20.6. The Morgan fingerprint density at radius 3 is 2.29 bits per heavy atom. The number of nitrogens with zero attached hydrogens (tertiary/aromatic N) is 1. The van der Waals surface area contributed by atoms with Gasteiger partial charge in [-0.1, -0.05) is 46.3 Å². The summed E-state index contributed by atoms with van der Waals surface area (Å²) in [7, 11) is 0. The van der Waals surface area contributed by atoms with Gasteiger partial charge in [0.15, 0.2) is 0 Å². The second-order valence-corrected chi connectivity index (χ2v) is 9.08. The first kappa shape index (κ1) is 23.4. The smallest absolute Gasteiger partial charge is 0.335 e. The number of carbonyl (C=O) groups is 3. The van der Waals surface area contributed by atoms with Crippen LogP contribution in [0, 0.1) is 20.8 Å². The lowest BCUT2D eigenvalue weighted by Gasteiger charge is -2.27. The quantitative estimate of drug-likeness (QED) is 0.351. The van der Waals surface area contributed by atoms with Gasteiger partial charge in [-0.3, -0.25) is 14.9 Å². The number of carbonyl (C=O) groups excluding carboxylic acids is 3. The number of imide groups is 2. The van der Waals surface area contributed by atoms with E-state index in [-0.39, 0.29) is 5.57 Å². The fourth-order valence-corrected chi connectivity index (χ4v) is 4.11. The van der Waals surface area contributed by atoms with Crippen molar-refractivity contribution >= 4 is 45.5 Å². The van der Waals surface area contributed by atoms with Crippen LogP contribution in [0.25, 0.3) is 6.08 Å². The highest BCUT2D eigenvalue weighted by Gasteiger charge is 2.37. The normalized spacial score (nSPS) is 15.0. The highest BCUT2D eigenvalue weighted by Crippen LogP contribution is 2.28. The van der Waals surface area contributed by atoms with Crippen molar-refractivity contribution in [2.45, 2.75) is 27.4 Å². The molecular formula is C27H23BrN2O4. The van der Waals surface area contributed by atoms with Crippen LogP contribution in [0.5, 0.6) is 5.75 Å². The van der Waals surface area contributed by atoms with Crippen molar-refractivity contribution in [3.8, 4) is 5.75 Å². The van der Waals surface area contributed by atoms with Crippen LogP contribution in [0.3, 0.4) is 0 Å². The SMILES string of the molecule is Cc1ccc(COc2ccc(/C=C3/C(=O)NC(=O)N(c4ccc(Br)cc4C)C3=O)cc2)cc1C. The van der Waals surface area contributed by atoms with Crippen molar-refractivity contribution in [3.05, 3.63) is 98.5 Å². The Balaban J connectivity index is 1.52. The van der Waals surface area contributed by atoms with E-state index in [1.165, 1.54) is 17.2 Å². The highest BCUT2D eigenvalue weighted by atomic mass is 79.9. The molecule has 1 saturated heterocycles. The topological polar surface area (TPSA) is 75.7 Å². The summed E-state index contributed by atoms with van der Waals surface area (Å²) >= 11 is 3.37. The van der Waals surface area contributed by atoms with Gasteiger partial charge in [-0.05, 0) is 85.0 Å². The summed E-state index contributed by atoms with van der Waals surface area (Å²) < 4.78 is 6.69. The van der Waals surface area contributed by atoms with E-state index in [1.54, 1.807) is 49.4 Å². The van der Waals surface area contributed by atoms with Crippen LogP contribution in [-0.4, -0.2) is 17.8 Å². The number of anilines is 1. The molecule has 0 atom stereocenters. The molecule has 0 aliphatic carbocycles. The molecule has 34 heavy (non-hydrogen) atoms. The van der Waals surface area contributed by atoms with Crippen LogP contribution < -0.4 is 15.0 Å². The van der Waals surface area contributed by atoms with E-state index in [2.05, 4.69) is 47.2 Å². The number of aryl methyl sites for hydroxylation is 3. The van der Waals surface area contributed by atoms with Crippen LogP contribution in [0.15, 0.2) is 70.7 Å². The van der Waals surface area contributed by atoms with Gasteiger partial charge in [-0.2, -0.15) is 0 Å². The summed E-state index contributed by atoms with van der Waals surface area (Å²) in [6, 6.07) is 17.7. The molecule has 3 aromatic rings. The summed E-state index contributed by atoms with van der Waals surface area (Å²) in [5, 5.41) is 2.25. The van der Waals surface area contributed by atoms with Gasteiger partial charge in [0.25, 0.3) is 11.8 Å². The maximum Gasteiger partial charge on any atom is 0.335 e. The van der Waals surface area contributed by atoms with E-state index in [0.717, 1.165) is 20.5 Å². The second kappa shape index (κ2) is 9.65. The monoisotopic (exact) mass is 518 g/mol. The lowest BCUT2D eigenvalue weighted by atomic mass is 10.1. The maximum absolute atomic E-state index is 13.1. The highest BCUT2D eigenvalue weighted by molar-refractivity contribution is 9.10. The molecule has 0 radical (unpaired) electrons. The summed E-state index contributed by atoms with van der Waals surface area (Å²) in [4.78, 5) is 39.0. The predicted octanol–water partition coefficient (Wildman–Crippen LogP) is 5.62. The number of rotatable bonds is 5. The molecule has 0 unspecified atom stereocenters. The third-order valence-electron chi connectivity index (χ3n) is 5.67. The molecule has 1 aliphatic heterocycles. The number of amides is 4. The molecule has 6 nitrogen and oxygen atoms in total. The van der Waals surface area contributed by atoms with E-state index in [9.17, 15) is 14.4 Å². The van der Waals surface area contributed by atoms with E-state index in [1.807, 2.05) is 6.07 Å². The molecule has 4 amide bonds. The fourth-order valence-electron chi connectivity index (χ4n) is 3.63. The molecule has 3 aromatic carbocycles. The number of barbiturate groups is 1. The van der Waals surface area contributed by atoms with Gasteiger partial charge in [0.1, 0.15) is 17.9 Å². The Labute approximate surface area is 206 Å². The zero-order valence-electron chi connectivity index (χ0n) is 19.0. The number of benzene rings is 3. The first-order valence-corrected chi connectivity index (χ1v) is 11.5. The van der Waals surface area contributed by atoms with Crippen LogP contribution >= 0.6 is 15.9 Å². The summed E-state index contributed by atoms with van der Waals surface area (Å²) in [5.41, 5.74) is 5.18. The summed E-state index contributed by atoms with van der Waals surface area (Å²) in [5.74, 6) is -0.729. The van der Waals surface area contributed by atoms with E-state index < -0.39 is 17.8 Å². The maximum atomic E-state index is 13.1. The van der Waals surface area contributed by atoms with Crippen LogP contribution in [0.4, 0.5) is 10.5 Å². The molecule has 7 heteroatoms. The van der Waals surface area contributed by atoms with Crippen LogP contribution in [0.1, 0.15) is 27.8 Å². The standard InChI is InChI=1S/C27H23BrN2O4/c1-16-4-5-20(12-17(16)2)15-34-22-9-6-19(7-10-22)14-23-25(31)29-27(33)30(26(23)32)24-11-8-21(28)13-18(24)3/h4-14H,15H2,1-3H3,(H,29,31,33)/b23-14-. The number of halogens is 1. The van der Waals surface area contributed by atoms with Gasteiger partial charge in [-0.25, -0.2) is 9.69 Å². The molecule has 1 N–H and O–H groups in total. The average molecular weight is 519 g/mol. The van der Waals surface area contributed by atoms with Crippen molar-refractivity contribution < 1.29 is 19.1 Å². The summed E-state index contributed by atoms with van der Waals surface area (Å²) in [6.07, 6.45) is 1.47. The minimum atomic E-state index is -0.771. The molecule has 0 aromatic heterocycles. The third kappa shape index (κ3) is 4.94. The average Bonchev–Trinajstić information content (AvgIpc) is 2.79. The Morgan fingerprint density at radius 2 is 1.62 bits per heavy atom. The van der Waals surface area contributed by atoms with Gasteiger partial charge < -0.3 is 4.74 Å². The molecule has 0 spiro atoms. The van der Waals surface area contributed by atoms with Crippen LogP contribution in [-0.2, 0) is 16.2 Å². The zero-order chi connectivity index (χ0) is 24.4. The largest absolute Gasteiger partial charge is 0.489 e. The number of nitrogens with one attached hydrogen (secondary N) is 1. The lowest BCUT2D eigenvalue weighted by Crippen LogP contribution is -2.54. The molecule has 0 bridgehead atoms. The van der Waals surface area contributed by atoms with Crippen LogP contribution in [0.2, 0.25) is 0 Å². The van der Waals surface area contributed by atoms with Crippen molar-refractivity contribution in [2.24, 2.45) is 0 Å². The molecule has 1 aliphatic rings. The van der Waals surface area contributed by atoms with E-state index in [4.69, 9.17) is 4.74 Å². The molecule has 1 fully saturated rings. The van der Waals surface area contributed by atoms with Gasteiger partial charge >= 0.3 is 6.03 Å². The van der Waals surface area contributed by atoms with Crippen molar-refractivity contribution in [3.63, 3.8) is 0 Å². The Bertz CT molecular complexity index is 1330. The number of hydrogen-bond acceptors (Lipinski definition) is 4. The van der Waals surface area contributed by atoms with E-state index in [0.29, 0.717) is 23.6 Å². The number of ether oxygens (including phenoxy) is 1. The van der Waals surface area contributed by atoms with E-state index >= 15 is 0 Å². The van der Waals surface area contributed by atoms with Crippen molar-refractivity contribution in [1.82, 2.24) is 5.32 Å². The first-order valence-electron chi connectivity index (χ1n) is 10.7. The van der Waals surface area contributed by atoms with Crippen molar-refractivity contribution in [1.29, 1.82) is 0 Å². The lowest BCUT2D eigenvalue weighted by molar-refractivity contribution is -0.122. The first-order chi connectivity index (χ1) is 16.2. The Hall–Kier alpha value is -3.71. The second-order valence-electron chi connectivity index (χ2n) is 8.16. The molecule has 172 valence electrons. The molecule has 0 saturated carbocycles. The van der Waals surface area contributed by atoms with Crippen molar-refractivity contribution in [2.75, 3.05) is 4.90 Å². The fraction of sp³-hybridized carbons (Fsp3) is 0.148. The number of hydrogen-bond donors (Lipinski definition) is 1. The Kier molecular flexibility index (Phi) is 6.65. The Morgan fingerprint density at radius 1 is 0.882 bits per heavy atom. The van der Waals surface area contributed by atoms with Gasteiger partial charge in [0.05, 0.1) is 5.69 Å². The molecule has 1 heterocycles. The number of urea groups is 1.